The van der Waals surface area contributed by atoms with E-state index in [0.29, 0.717) is 38.8 Å². The first-order valence-corrected chi connectivity index (χ1v) is 15.8. The number of fused-ring (bicyclic) bond motifs is 2. The van der Waals surface area contributed by atoms with E-state index in [2.05, 4.69) is 10.6 Å². The van der Waals surface area contributed by atoms with E-state index in [4.69, 9.17) is 4.74 Å². The van der Waals surface area contributed by atoms with Crippen molar-refractivity contribution in [2.24, 2.45) is 0 Å². The highest BCUT2D eigenvalue weighted by atomic mass is 35.5. The summed E-state index contributed by atoms with van der Waals surface area (Å²) in [6.45, 7) is 0.687. The molecule has 3 amide bonds. The molecule has 1 aromatic carbocycles. The molecule has 0 radical (unpaired) electrons. The van der Waals surface area contributed by atoms with Crippen LogP contribution in [0.1, 0.15) is 88.2 Å². The minimum atomic E-state index is -4.30. The molecule has 0 spiro atoms. The first-order valence-electron chi connectivity index (χ1n) is 15.8. The molecule has 4 rings (SSSR count). The number of nitrogens with one attached hydrogen (secondary N) is 2. The number of ether oxygens (including phenoxy) is 1. The van der Waals surface area contributed by atoms with Crippen molar-refractivity contribution in [3.05, 3.63) is 35.4 Å². The molecule has 2 saturated heterocycles. The van der Waals surface area contributed by atoms with E-state index in [1.54, 1.807) is 4.90 Å². The van der Waals surface area contributed by atoms with E-state index in [-0.39, 0.29) is 38.3 Å². The number of halogens is 4. The van der Waals surface area contributed by atoms with Crippen LogP contribution >= 0.6 is 12.4 Å². The molecule has 0 bridgehead atoms. The number of hydrogen-bond donors (Lipinski definition) is 4. The van der Waals surface area contributed by atoms with Crippen LogP contribution < -0.4 is 10.6 Å². The average molecular weight is 661 g/mol. The Bertz CT molecular complexity index is 1110. The largest absolute Gasteiger partial charge is 0.475 e. The second-order valence-electron chi connectivity index (χ2n) is 12.2. The maximum atomic E-state index is 13.9. The fraction of sp³-hybridized carbons (Fsp3) is 0.700. The molecule has 2 fully saturated rings. The van der Waals surface area contributed by atoms with Gasteiger partial charge in [-0.15, -0.1) is 12.4 Å². The minimum Gasteiger partial charge on any atom is -0.444 e. The molecule has 4 atom stereocenters. The van der Waals surface area contributed by atoms with Crippen LogP contribution in [0.2, 0.25) is 0 Å². The maximum absolute atomic E-state index is 13.9. The Morgan fingerprint density at radius 1 is 1.00 bits per heavy atom. The van der Waals surface area contributed by atoms with Gasteiger partial charge in [0.15, 0.2) is 0 Å². The van der Waals surface area contributed by atoms with Crippen LogP contribution in [0.15, 0.2) is 24.3 Å². The molecule has 3 heterocycles. The maximum Gasteiger partial charge on any atom is 0.475 e. The van der Waals surface area contributed by atoms with Gasteiger partial charge in [-0.25, -0.2) is 4.79 Å². The highest BCUT2D eigenvalue weighted by molar-refractivity contribution is 6.43. The van der Waals surface area contributed by atoms with E-state index in [0.717, 1.165) is 43.2 Å². The zero-order chi connectivity index (χ0) is 31.7. The highest BCUT2D eigenvalue weighted by Crippen LogP contribution is 2.28. The van der Waals surface area contributed by atoms with Gasteiger partial charge in [-0.05, 0) is 36.9 Å². The predicted molar refractivity (Wildman–Crippen MR) is 164 cm³/mol. The zero-order valence-corrected chi connectivity index (χ0v) is 26.3. The lowest BCUT2D eigenvalue weighted by Crippen LogP contribution is -2.56. The smallest absolute Gasteiger partial charge is 0.444 e. The molecule has 0 aromatic heterocycles. The van der Waals surface area contributed by atoms with Gasteiger partial charge in [0.2, 0.25) is 11.8 Å². The van der Waals surface area contributed by atoms with E-state index in [1.807, 2.05) is 24.3 Å². The van der Waals surface area contributed by atoms with Crippen LogP contribution in [0.4, 0.5) is 18.0 Å². The van der Waals surface area contributed by atoms with Crippen molar-refractivity contribution in [2.75, 3.05) is 13.1 Å². The Balaban J connectivity index is 0.00000552. The summed E-state index contributed by atoms with van der Waals surface area (Å²) < 4.78 is 44.0. The number of alkyl halides is 3. The van der Waals surface area contributed by atoms with Crippen LogP contribution in [0.5, 0.6) is 0 Å². The molecule has 0 aliphatic carbocycles. The lowest BCUT2D eigenvalue weighted by Gasteiger charge is -2.30. The topological polar surface area (TPSA) is 131 Å². The summed E-state index contributed by atoms with van der Waals surface area (Å²) in [5.74, 6) is -1.97. The third-order valence-electron chi connectivity index (χ3n) is 8.74. The number of hydrogen-bond acceptors (Lipinski definition) is 7. The minimum absolute atomic E-state index is 0. The standard InChI is InChI=1S/C30H44BF3N4O6.ClH/c32-30(33,34)15-10-16-35-24-13-6-4-2-1-3-5-7-14-26(31(42)43)36-27(39)25-17-23(20-38(25)28(24)40)44-29(41)37-18-21-11-8-9-12-22(21)19-37;/h8-9,11-12,23-26,35,42-43H,1-7,10,13-20H2,(H,36,39);1H/t23-,24?,25+,26-;/m1./s1. The van der Waals surface area contributed by atoms with Crippen LogP contribution in [-0.4, -0.2) is 88.3 Å². The molecule has 3 aliphatic rings. The van der Waals surface area contributed by atoms with Gasteiger partial charge in [0.25, 0.3) is 0 Å². The number of benzene rings is 1. The Kier molecular flexibility index (Phi) is 14.3. The molecule has 252 valence electrons. The lowest BCUT2D eigenvalue weighted by molar-refractivity contribution is -0.140. The van der Waals surface area contributed by atoms with Crippen LogP contribution in [-0.2, 0) is 27.4 Å². The Morgan fingerprint density at radius 2 is 1.60 bits per heavy atom. The van der Waals surface area contributed by atoms with Crippen molar-refractivity contribution in [3.63, 3.8) is 0 Å². The SMILES string of the molecule is Cl.O=C1N[C@@H](B(O)O)CCCCCCCCCC(NCCCC(F)(F)F)C(=O)N2C[C@H](OC(=O)N3Cc4ccccc4C3)C[C@@H]12. The van der Waals surface area contributed by atoms with Crippen molar-refractivity contribution in [1.82, 2.24) is 20.4 Å². The molecule has 45 heavy (non-hydrogen) atoms. The second-order valence-corrected chi connectivity index (χ2v) is 12.2. The monoisotopic (exact) mass is 660 g/mol. The molecular formula is C30H45BClF3N4O6. The fourth-order valence-corrected chi connectivity index (χ4v) is 6.30. The van der Waals surface area contributed by atoms with E-state index in [9.17, 15) is 37.6 Å². The molecule has 1 aromatic rings. The Hall–Kier alpha value is -2.55. The van der Waals surface area contributed by atoms with Gasteiger partial charge in [0.05, 0.1) is 18.5 Å². The van der Waals surface area contributed by atoms with Gasteiger partial charge in [-0.2, -0.15) is 13.2 Å². The molecule has 3 aliphatic heterocycles. The van der Waals surface area contributed by atoms with Gasteiger partial charge in [-0.3, -0.25) is 14.5 Å². The molecular weight excluding hydrogens is 616 g/mol. The number of carbonyl (C=O) groups excluding carboxylic acids is 3. The summed E-state index contributed by atoms with van der Waals surface area (Å²) >= 11 is 0. The summed E-state index contributed by atoms with van der Waals surface area (Å²) in [6.07, 6.45) is -0.0865. The number of nitrogens with zero attached hydrogens (tertiary/aromatic N) is 2. The predicted octanol–water partition coefficient (Wildman–Crippen LogP) is 3.85. The summed E-state index contributed by atoms with van der Waals surface area (Å²) in [7, 11) is -1.79. The molecule has 15 heteroatoms. The summed E-state index contributed by atoms with van der Waals surface area (Å²) in [5, 5.41) is 25.6. The average Bonchev–Trinajstić information content (AvgIpc) is 3.60. The molecule has 4 N–H and O–H groups in total. The van der Waals surface area contributed by atoms with Crippen molar-refractivity contribution in [1.29, 1.82) is 0 Å². The van der Waals surface area contributed by atoms with Crippen LogP contribution in [0, 0.1) is 0 Å². The highest BCUT2D eigenvalue weighted by Gasteiger charge is 2.44. The lowest BCUT2D eigenvalue weighted by atomic mass is 9.76. The van der Waals surface area contributed by atoms with Gasteiger partial charge in [0.1, 0.15) is 12.1 Å². The first-order chi connectivity index (χ1) is 21.0. The van der Waals surface area contributed by atoms with E-state index >= 15 is 0 Å². The van der Waals surface area contributed by atoms with Gasteiger partial charge in [-0.1, -0.05) is 69.2 Å². The summed E-state index contributed by atoms with van der Waals surface area (Å²) in [5.41, 5.74) is 2.03. The first kappa shape index (κ1) is 36.9. The Labute approximate surface area is 269 Å². The zero-order valence-electron chi connectivity index (χ0n) is 25.5. The normalized spacial score (nSPS) is 25.2. The van der Waals surface area contributed by atoms with Crippen molar-refractivity contribution < 1.29 is 42.3 Å². The molecule has 10 nitrogen and oxygen atoms in total. The molecule has 1 unspecified atom stereocenters. The van der Waals surface area contributed by atoms with Gasteiger partial charge >= 0.3 is 19.4 Å². The van der Waals surface area contributed by atoms with E-state index in [1.165, 1.54) is 4.90 Å². The third kappa shape index (κ3) is 11.0. The summed E-state index contributed by atoms with van der Waals surface area (Å²) in [4.78, 5) is 43.4. The number of amides is 3. The second kappa shape index (κ2) is 17.4. The van der Waals surface area contributed by atoms with Gasteiger partial charge < -0.3 is 30.3 Å². The number of rotatable bonds is 6. The van der Waals surface area contributed by atoms with Crippen LogP contribution in [0.25, 0.3) is 0 Å². The van der Waals surface area contributed by atoms with Gasteiger partial charge in [0, 0.05) is 25.9 Å². The quantitative estimate of drug-likeness (QED) is 0.269. The fourth-order valence-electron chi connectivity index (χ4n) is 6.30. The third-order valence-corrected chi connectivity index (χ3v) is 8.74. The molecule has 0 saturated carbocycles. The van der Waals surface area contributed by atoms with Crippen molar-refractivity contribution in [2.45, 2.75) is 120 Å². The van der Waals surface area contributed by atoms with Crippen molar-refractivity contribution in [3.8, 4) is 0 Å². The van der Waals surface area contributed by atoms with Crippen LogP contribution in [0.3, 0.4) is 0 Å². The van der Waals surface area contributed by atoms with Crippen molar-refractivity contribution >= 4 is 37.4 Å². The number of carbonyl (C=O) groups is 3. The Morgan fingerprint density at radius 3 is 2.20 bits per heavy atom. The summed E-state index contributed by atoms with van der Waals surface area (Å²) in [6, 6.07) is 5.80. The van der Waals surface area contributed by atoms with E-state index < -0.39 is 61.8 Å².